The number of imide groups is 2. The Balaban J connectivity index is 1.66. The quantitative estimate of drug-likeness (QED) is 0.269. The second kappa shape index (κ2) is 10.7. The van der Waals surface area contributed by atoms with Gasteiger partial charge in [0.15, 0.2) is 11.5 Å². The molecular formula is C26H19BrCl2N2O5. The molecular weight excluding hydrogens is 571 g/mol. The van der Waals surface area contributed by atoms with Crippen molar-refractivity contribution in [2.24, 2.45) is 0 Å². The molecule has 1 aliphatic rings. The zero-order chi connectivity index (χ0) is 26.0. The van der Waals surface area contributed by atoms with Gasteiger partial charge in [0.2, 0.25) is 0 Å². The first-order chi connectivity index (χ1) is 17.2. The summed E-state index contributed by atoms with van der Waals surface area (Å²) in [5, 5.41) is 3.19. The molecule has 1 fully saturated rings. The lowest BCUT2D eigenvalue weighted by atomic mass is 10.1. The molecule has 1 saturated heterocycles. The molecule has 1 aliphatic heterocycles. The number of amides is 4. The summed E-state index contributed by atoms with van der Waals surface area (Å²) in [5.41, 5.74) is 2.09. The third kappa shape index (κ3) is 5.41. The van der Waals surface area contributed by atoms with Gasteiger partial charge in [-0.25, -0.2) is 9.69 Å². The third-order valence-corrected chi connectivity index (χ3v) is 6.45. The Morgan fingerprint density at radius 1 is 1.00 bits per heavy atom. The summed E-state index contributed by atoms with van der Waals surface area (Å²) >= 11 is 15.5. The fourth-order valence-corrected chi connectivity index (χ4v) is 4.43. The second-order valence-electron chi connectivity index (χ2n) is 7.84. The van der Waals surface area contributed by atoms with Crippen molar-refractivity contribution in [3.8, 4) is 11.5 Å². The third-order valence-electron chi connectivity index (χ3n) is 5.37. The van der Waals surface area contributed by atoms with Crippen molar-refractivity contribution in [2.75, 3.05) is 12.0 Å². The fraction of sp³-hybridized carbons (Fsp3) is 0.115. The minimum atomic E-state index is -0.850. The number of carbonyl (C=O) groups excluding carboxylic acids is 3. The first-order valence-electron chi connectivity index (χ1n) is 10.6. The number of aryl methyl sites for hydroxylation is 1. The number of rotatable bonds is 6. The number of hydrogen-bond acceptors (Lipinski definition) is 5. The molecule has 3 aromatic carbocycles. The summed E-state index contributed by atoms with van der Waals surface area (Å²) in [5.74, 6) is -0.751. The molecule has 36 heavy (non-hydrogen) atoms. The maximum absolute atomic E-state index is 13.3. The zero-order valence-electron chi connectivity index (χ0n) is 19.1. The van der Waals surface area contributed by atoms with Crippen LogP contribution < -0.4 is 19.7 Å². The van der Waals surface area contributed by atoms with E-state index in [1.54, 1.807) is 43.3 Å². The lowest BCUT2D eigenvalue weighted by molar-refractivity contribution is -0.122. The van der Waals surface area contributed by atoms with E-state index in [1.807, 2.05) is 12.1 Å². The highest BCUT2D eigenvalue weighted by Crippen LogP contribution is 2.38. The van der Waals surface area contributed by atoms with Crippen LogP contribution in [0.25, 0.3) is 6.08 Å². The Bertz CT molecular complexity index is 1410. The van der Waals surface area contributed by atoms with Gasteiger partial charge in [-0.1, -0.05) is 41.4 Å². The molecule has 0 saturated carbocycles. The molecule has 184 valence electrons. The van der Waals surface area contributed by atoms with Gasteiger partial charge in [0.05, 0.1) is 17.3 Å². The normalized spacial score (nSPS) is 14.8. The molecule has 7 nitrogen and oxygen atoms in total. The summed E-state index contributed by atoms with van der Waals surface area (Å²) < 4.78 is 12.0. The molecule has 4 amide bonds. The van der Waals surface area contributed by atoms with Crippen LogP contribution >= 0.6 is 39.1 Å². The van der Waals surface area contributed by atoms with Crippen molar-refractivity contribution in [1.29, 1.82) is 0 Å². The predicted octanol–water partition coefficient (Wildman–Crippen LogP) is 6.32. The van der Waals surface area contributed by atoms with E-state index in [0.717, 1.165) is 10.5 Å². The largest absolute Gasteiger partial charge is 0.493 e. The van der Waals surface area contributed by atoms with Crippen LogP contribution in [0.2, 0.25) is 10.0 Å². The van der Waals surface area contributed by atoms with Crippen LogP contribution in [0.5, 0.6) is 11.5 Å². The Hall–Kier alpha value is -3.33. The van der Waals surface area contributed by atoms with Crippen LogP contribution in [0, 0.1) is 6.92 Å². The second-order valence-corrected chi connectivity index (χ2v) is 9.57. The van der Waals surface area contributed by atoms with Gasteiger partial charge in [0.1, 0.15) is 12.2 Å². The Kier molecular flexibility index (Phi) is 7.68. The summed E-state index contributed by atoms with van der Waals surface area (Å²) in [6.07, 6.45) is 1.38. The number of ether oxygens (including phenoxy) is 2. The maximum atomic E-state index is 13.3. The number of nitrogens with zero attached hydrogens (tertiary/aromatic N) is 1. The van der Waals surface area contributed by atoms with Crippen molar-refractivity contribution in [1.82, 2.24) is 5.32 Å². The van der Waals surface area contributed by atoms with Crippen LogP contribution in [0.4, 0.5) is 10.5 Å². The summed E-state index contributed by atoms with van der Waals surface area (Å²) in [7, 11) is 1.48. The average Bonchev–Trinajstić information content (AvgIpc) is 2.84. The molecule has 10 heteroatoms. The van der Waals surface area contributed by atoms with E-state index in [2.05, 4.69) is 21.2 Å². The van der Waals surface area contributed by atoms with E-state index < -0.39 is 17.8 Å². The maximum Gasteiger partial charge on any atom is 0.335 e. The molecule has 1 heterocycles. The van der Waals surface area contributed by atoms with Crippen molar-refractivity contribution >= 4 is 68.7 Å². The van der Waals surface area contributed by atoms with Gasteiger partial charge < -0.3 is 9.47 Å². The Labute approximate surface area is 225 Å². The number of anilines is 1. The molecule has 0 radical (unpaired) electrons. The van der Waals surface area contributed by atoms with Crippen molar-refractivity contribution in [3.63, 3.8) is 0 Å². The minimum absolute atomic E-state index is 0.224. The van der Waals surface area contributed by atoms with E-state index in [0.29, 0.717) is 37.1 Å². The number of methoxy groups -OCH3 is 1. The van der Waals surface area contributed by atoms with Crippen molar-refractivity contribution in [3.05, 3.63) is 91.4 Å². The number of urea groups is 1. The summed E-state index contributed by atoms with van der Waals surface area (Å²) in [6, 6.07) is 14.5. The lowest BCUT2D eigenvalue weighted by Crippen LogP contribution is -2.54. The van der Waals surface area contributed by atoms with Gasteiger partial charge in [-0.05, 0) is 82.0 Å². The van der Waals surface area contributed by atoms with Gasteiger partial charge in [-0.15, -0.1) is 0 Å². The molecule has 0 spiro atoms. The first-order valence-corrected chi connectivity index (χ1v) is 12.1. The highest BCUT2D eigenvalue weighted by atomic mass is 79.9. The van der Waals surface area contributed by atoms with Crippen LogP contribution in [0.15, 0.2) is 64.6 Å². The highest BCUT2D eigenvalue weighted by molar-refractivity contribution is 9.10. The molecule has 4 rings (SSSR count). The van der Waals surface area contributed by atoms with Crippen LogP contribution in [0.1, 0.15) is 16.7 Å². The molecule has 0 atom stereocenters. The minimum Gasteiger partial charge on any atom is -0.493 e. The SMILES string of the molecule is COc1cc(/C=C2\C(=O)NC(=O)N(c3cc(Cl)ccc3C)C2=O)cc(Br)c1OCc1ccc(Cl)cc1. The summed E-state index contributed by atoms with van der Waals surface area (Å²) in [6.45, 7) is 2.00. The first kappa shape index (κ1) is 25.8. The Morgan fingerprint density at radius 3 is 2.39 bits per heavy atom. The van der Waals surface area contributed by atoms with E-state index in [1.165, 1.54) is 19.3 Å². The van der Waals surface area contributed by atoms with E-state index in [9.17, 15) is 14.4 Å². The standard InChI is InChI=1S/C26H19BrCl2N2O5/c1-14-3-6-18(29)12-21(14)31-25(33)19(24(32)30-26(31)34)9-16-10-20(27)23(22(11-16)35-2)36-13-15-4-7-17(28)8-5-15/h3-12H,13H2,1-2H3,(H,30,32,34)/b19-9+. The highest BCUT2D eigenvalue weighted by Gasteiger charge is 2.37. The number of barbiturate groups is 1. The Morgan fingerprint density at radius 2 is 1.69 bits per heavy atom. The van der Waals surface area contributed by atoms with Gasteiger partial charge in [-0.3, -0.25) is 14.9 Å². The van der Waals surface area contributed by atoms with Gasteiger partial charge in [0.25, 0.3) is 11.8 Å². The average molecular weight is 590 g/mol. The monoisotopic (exact) mass is 588 g/mol. The molecule has 0 aromatic heterocycles. The van der Waals surface area contributed by atoms with Gasteiger partial charge in [0, 0.05) is 10.0 Å². The molecule has 1 N–H and O–H groups in total. The topological polar surface area (TPSA) is 84.9 Å². The zero-order valence-corrected chi connectivity index (χ0v) is 22.2. The smallest absolute Gasteiger partial charge is 0.335 e. The number of hydrogen-bond donors (Lipinski definition) is 1. The number of halogens is 3. The lowest BCUT2D eigenvalue weighted by Gasteiger charge is -2.27. The van der Waals surface area contributed by atoms with Crippen LogP contribution in [-0.2, 0) is 16.2 Å². The molecule has 0 unspecified atom stereocenters. The van der Waals surface area contributed by atoms with E-state index in [-0.39, 0.29) is 17.9 Å². The number of carbonyl (C=O) groups is 3. The summed E-state index contributed by atoms with van der Waals surface area (Å²) in [4.78, 5) is 39.3. The van der Waals surface area contributed by atoms with E-state index >= 15 is 0 Å². The van der Waals surface area contributed by atoms with E-state index in [4.69, 9.17) is 32.7 Å². The van der Waals surface area contributed by atoms with Crippen LogP contribution in [0.3, 0.4) is 0 Å². The molecule has 0 bridgehead atoms. The van der Waals surface area contributed by atoms with Crippen molar-refractivity contribution < 1.29 is 23.9 Å². The number of benzene rings is 3. The predicted molar refractivity (Wildman–Crippen MR) is 142 cm³/mol. The molecule has 3 aromatic rings. The van der Waals surface area contributed by atoms with Crippen molar-refractivity contribution in [2.45, 2.75) is 13.5 Å². The van der Waals surface area contributed by atoms with Gasteiger partial charge >= 0.3 is 6.03 Å². The fourth-order valence-electron chi connectivity index (χ4n) is 3.57. The van der Waals surface area contributed by atoms with Gasteiger partial charge in [-0.2, -0.15) is 0 Å². The number of nitrogens with one attached hydrogen (secondary N) is 1. The molecule has 0 aliphatic carbocycles. The van der Waals surface area contributed by atoms with Crippen LogP contribution in [-0.4, -0.2) is 25.0 Å².